The van der Waals surface area contributed by atoms with E-state index < -0.39 is 26.5 Å². The molecule has 0 aliphatic rings. The van der Waals surface area contributed by atoms with E-state index in [1.165, 1.54) is 128 Å². The molecule has 2 atom stereocenters. The van der Waals surface area contributed by atoms with Gasteiger partial charge in [0, 0.05) is 12.8 Å². The smallest absolute Gasteiger partial charge is 0.306 e. The Labute approximate surface area is 578 Å². The third-order valence-corrected chi connectivity index (χ3v) is 16.7. The molecular formula is C84H140NO8P. The van der Waals surface area contributed by atoms with Crippen molar-refractivity contribution in [2.45, 2.75) is 302 Å². The molecule has 0 N–H and O–H groups in total. The first kappa shape index (κ1) is 89.4. The summed E-state index contributed by atoms with van der Waals surface area (Å²) in [5.74, 6) is -0.838. The molecule has 0 aromatic rings. The highest BCUT2D eigenvalue weighted by molar-refractivity contribution is 7.45. The average molecular weight is 1320 g/mol. The van der Waals surface area contributed by atoms with Crippen LogP contribution in [-0.4, -0.2) is 70.0 Å². The van der Waals surface area contributed by atoms with Crippen LogP contribution < -0.4 is 4.89 Å². The number of rotatable bonds is 68. The topological polar surface area (TPSA) is 111 Å². The lowest BCUT2D eigenvalue weighted by Gasteiger charge is -2.28. The lowest BCUT2D eigenvalue weighted by Crippen LogP contribution is -2.37. The fraction of sp³-hybridized carbons (Fsp3) is 0.643. The summed E-state index contributed by atoms with van der Waals surface area (Å²) in [6.45, 7) is 4.01. The Morgan fingerprint density at radius 3 is 0.851 bits per heavy atom. The van der Waals surface area contributed by atoms with Crippen molar-refractivity contribution in [1.82, 2.24) is 0 Å². The number of phosphoric ester groups is 1. The number of carbonyl (C=O) groups excluding carboxylic acids is 2. The maximum absolute atomic E-state index is 12.9. The van der Waals surface area contributed by atoms with E-state index in [1.807, 2.05) is 21.1 Å². The van der Waals surface area contributed by atoms with Crippen molar-refractivity contribution in [3.63, 3.8) is 0 Å². The second-order valence-electron chi connectivity index (χ2n) is 25.9. The number of carbonyl (C=O) groups is 2. The summed E-state index contributed by atoms with van der Waals surface area (Å²) < 4.78 is 34.4. The molecule has 0 heterocycles. The molecule has 0 aromatic carbocycles. The maximum atomic E-state index is 12.9. The Bertz CT molecular complexity index is 2200. The fourth-order valence-electron chi connectivity index (χ4n) is 10.0. The van der Waals surface area contributed by atoms with Gasteiger partial charge >= 0.3 is 11.9 Å². The van der Waals surface area contributed by atoms with Crippen LogP contribution in [0.2, 0.25) is 0 Å². The van der Waals surface area contributed by atoms with Gasteiger partial charge in [-0.2, -0.15) is 0 Å². The lowest BCUT2D eigenvalue weighted by atomic mass is 10.0. The summed E-state index contributed by atoms with van der Waals surface area (Å²) in [6.07, 6.45) is 110. The number of likely N-dealkylation sites (N-methyl/N-ethyl adjacent to an activating group) is 1. The summed E-state index contributed by atoms with van der Waals surface area (Å²) in [5, 5.41) is 0. The lowest BCUT2D eigenvalue weighted by molar-refractivity contribution is -0.870. The normalized spacial score (nSPS) is 14.1. The Morgan fingerprint density at radius 2 is 0.574 bits per heavy atom. The first-order valence-electron chi connectivity index (χ1n) is 37.8. The number of unbranched alkanes of at least 4 members (excludes halogenated alkanes) is 26. The Morgan fingerprint density at radius 1 is 0.330 bits per heavy atom. The zero-order valence-electron chi connectivity index (χ0n) is 60.8. The molecule has 10 heteroatoms. The first-order valence-corrected chi connectivity index (χ1v) is 39.3. The molecule has 0 saturated heterocycles. The molecule has 0 fully saturated rings. The van der Waals surface area contributed by atoms with Gasteiger partial charge < -0.3 is 27.9 Å². The van der Waals surface area contributed by atoms with Gasteiger partial charge in [-0.15, -0.1) is 0 Å². The number of allylic oxidation sites excluding steroid dienone is 28. The molecular weight excluding hydrogens is 1180 g/mol. The molecule has 0 saturated carbocycles. The number of hydrogen-bond acceptors (Lipinski definition) is 8. The van der Waals surface area contributed by atoms with Crippen molar-refractivity contribution >= 4 is 19.8 Å². The highest BCUT2D eigenvalue weighted by atomic mass is 31.2. The van der Waals surface area contributed by atoms with E-state index in [4.69, 9.17) is 18.5 Å². The molecule has 0 aliphatic heterocycles. The highest BCUT2D eigenvalue weighted by Gasteiger charge is 2.22. The molecule has 0 radical (unpaired) electrons. The second kappa shape index (κ2) is 72.6. The van der Waals surface area contributed by atoms with E-state index in [2.05, 4.69) is 184 Å². The average Bonchev–Trinajstić information content (AvgIpc) is 1.56. The van der Waals surface area contributed by atoms with Crippen LogP contribution in [0.25, 0.3) is 0 Å². The number of hydrogen-bond donors (Lipinski definition) is 0. The van der Waals surface area contributed by atoms with E-state index in [0.29, 0.717) is 17.4 Å². The van der Waals surface area contributed by atoms with Crippen LogP contribution in [0.3, 0.4) is 0 Å². The van der Waals surface area contributed by atoms with Crippen molar-refractivity contribution in [2.24, 2.45) is 0 Å². The zero-order chi connectivity index (χ0) is 68.3. The standard InChI is InChI=1S/C84H140NO8P/c1-6-8-10-12-14-16-18-20-22-24-26-28-30-32-34-36-38-39-40-41-42-43-44-45-47-49-51-53-55-57-59-61-63-65-67-69-71-73-75-77-84(87)93-82(81-92-94(88,89)91-79-78-85(3,4)5)80-90-83(86)76-74-72-70-68-66-64-62-60-58-56-54-52-50-48-46-37-35-33-31-29-27-25-23-21-19-17-15-13-11-9-7-2/h8-11,14-17,20-23,26-29,32-35,38-39,41-42,44-46,48,82H,6-7,12-13,18-19,24-25,30-31,36-37,40,43,47,49-81H2,1-5H3/b10-8-,11-9-,16-14-,17-15-,22-20-,23-21-,28-26-,29-27-,34-32-,35-33-,39-38-,42-41-,45-44-,48-46-. The van der Waals surface area contributed by atoms with Crippen molar-refractivity contribution in [3.8, 4) is 0 Å². The third kappa shape index (κ3) is 76.4. The highest BCUT2D eigenvalue weighted by Crippen LogP contribution is 2.38. The molecule has 0 spiro atoms. The summed E-state index contributed by atoms with van der Waals surface area (Å²) in [4.78, 5) is 38.2. The summed E-state index contributed by atoms with van der Waals surface area (Å²) in [5.41, 5.74) is 0. The fourth-order valence-corrected chi connectivity index (χ4v) is 10.8. The molecule has 0 bridgehead atoms. The number of esters is 2. The first-order chi connectivity index (χ1) is 46.0. The molecule has 9 nitrogen and oxygen atoms in total. The molecule has 94 heavy (non-hydrogen) atoms. The SMILES string of the molecule is CC/C=C\C/C=C\C/C=C\C/C=C\C/C=C\C/C=C\C/C=C\C/C=C\CCCCCCCCCCCCCCCCC(=O)OC(COC(=O)CCCCCCCCCCCCCC/C=C\C/C=C\C/C=C\C/C=C\C/C=C\C/C=C\CC)COP(=O)([O-])OCC[N+](C)(C)C. The summed E-state index contributed by atoms with van der Waals surface area (Å²) >= 11 is 0. The molecule has 2 unspecified atom stereocenters. The van der Waals surface area contributed by atoms with Gasteiger partial charge in [0.25, 0.3) is 7.82 Å². The molecule has 0 aromatic heterocycles. The zero-order valence-corrected chi connectivity index (χ0v) is 61.7. The quantitative estimate of drug-likeness (QED) is 0.0195. The van der Waals surface area contributed by atoms with Crippen LogP contribution in [-0.2, 0) is 32.7 Å². The maximum Gasteiger partial charge on any atom is 0.306 e. The molecule has 534 valence electrons. The number of ether oxygens (including phenoxy) is 2. The predicted octanol–water partition coefficient (Wildman–Crippen LogP) is 24.6. The van der Waals surface area contributed by atoms with Gasteiger partial charge in [-0.3, -0.25) is 14.2 Å². The van der Waals surface area contributed by atoms with Crippen LogP contribution in [0.1, 0.15) is 296 Å². The molecule has 0 amide bonds. The van der Waals surface area contributed by atoms with Crippen LogP contribution in [0.4, 0.5) is 0 Å². The van der Waals surface area contributed by atoms with Gasteiger partial charge in [-0.1, -0.05) is 325 Å². The van der Waals surface area contributed by atoms with Crippen LogP contribution >= 0.6 is 7.82 Å². The number of phosphoric acid groups is 1. The van der Waals surface area contributed by atoms with Gasteiger partial charge in [0.2, 0.25) is 0 Å². The summed E-state index contributed by atoms with van der Waals surface area (Å²) in [7, 11) is 1.15. The van der Waals surface area contributed by atoms with Gasteiger partial charge in [-0.25, -0.2) is 0 Å². The van der Waals surface area contributed by atoms with Gasteiger partial charge in [0.15, 0.2) is 6.10 Å². The number of quaternary nitrogens is 1. The minimum absolute atomic E-state index is 0.0379. The van der Waals surface area contributed by atoms with Gasteiger partial charge in [-0.05, 0) is 128 Å². The van der Waals surface area contributed by atoms with Crippen molar-refractivity contribution in [2.75, 3.05) is 47.5 Å². The predicted molar refractivity (Wildman–Crippen MR) is 406 cm³/mol. The van der Waals surface area contributed by atoms with Crippen LogP contribution in [0.15, 0.2) is 170 Å². The van der Waals surface area contributed by atoms with Gasteiger partial charge in [0.1, 0.15) is 19.8 Å². The second-order valence-corrected chi connectivity index (χ2v) is 27.3. The van der Waals surface area contributed by atoms with Crippen molar-refractivity contribution < 1.29 is 42.1 Å². The monoisotopic (exact) mass is 1320 g/mol. The van der Waals surface area contributed by atoms with E-state index in [0.717, 1.165) is 135 Å². The molecule has 0 aliphatic carbocycles. The Balaban J connectivity index is 4.05. The minimum Gasteiger partial charge on any atom is -0.756 e. The number of nitrogens with zero attached hydrogens (tertiary/aromatic N) is 1. The van der Waals surface area contributed by atoms with Crippen molar-refractivity contribution in [3.05, 3.63) is 170 Å². The van der Waals surface area contributed by atoms with Gasteiger partial charge in [0.05, 0.1) is 27.7 Å². The van der Waals surface area contributed by atoms with E-state index in [9.17, 15) is 19.0 Å². The van der Waals surface area contributed by atoms with Crippen molar-refractivity contribution in [1.29, 1.82) is 0 Å². The largest absolute Gasteiger partial charge is 0.756 e. The van der Waals surface area contributed by atoms with E-state index in [-0.39, 0.29) is 32.0 Å². The van der Waals surface area contributed by atoms with Crippen LogP contribution in [0.5, 0.6) is 0 Å². The third-order valence-electron chi connectivity index (χ3n) is 15.7. The minimum atomic E-state index is -4.66. The van der Waals surface area contributed by atoms with Crippen LogP contribution in [0, 0.1) is 0 Å². The summed E-state index contributed by atoms with van der Waals surface area (Å²) in [6, 6.07) is 0. The Kier molecular flexibility index (Phi) is 69.1. The Hall–Kier alpha value is -4.63. The molecule has 0 rings (SSSR count). The van der Waals surface area contributed by atoms with E-state index in [1.54, 1.807) is 0 Å². The van der Waals surface area contributed by atoms with E-state index >= 15 is 0 Å².